The summed E-state index contributed by atoms with van der Waals surface area (Å²) in [6.45, 7) is 0. The predicted molar refractivity (Wildman–Crippen MR) is 64.0 cm³/mol. The van der Waals surface area contributed by atoms with Crippen molar-refractivity contribution in [3.05, 3.63) is 48.0 Å². The molecular weight excluding hydrogens is 202 g/mol. The smallest absolute Gasteiger partial charge is 0.245 e. The van der Waals surface area contributed by atoms with Crippen molar-refractivity contribution in [2.24, 2.45) is 0 Å². The topological polar surface area (TPSA) is 29.5 Å². The number of nitrogens with zero attached hydrogens (tertiary/aromatic N) is 1. The molecule has 0 aromatic heterocycles. The normalized spacial score (nSPS) is 12.7. The van der Waals surface area contributed by atoms with Gasteiger partial charge < -0.3 is 9.64 Å². The Morgan fingerprint density at radius 3 is 2.44 bits per heavy atom. The fraction of sp³-hybridized carbons (Fsp3) is 0.308. The second kappa shape index (κ2) is 6.08. The minimum atomic E-state index is -0.176. The van der Waals surface area contributed by atoms with Crippen molar-refractivity contribution in [2.45, 2.75) is 6.10 Å². The highest BCUT2D eigenvalue weighted by Gasteiger charge is 2.06. The number of ether oxygens (including phenoxy) is 1. The Morgan fingerprint density at radius 1 is 1.31 bits per heavy atom. The Hall–Kier alpha value is -1.61. The van der Waals surface area contributed by atoms with Gasteiger partial charge in [0.2, 0.25) is 5.91 Å². The lowest BCUT2D eigenvalue weighted by atomic mass is 10.1. The first-order valence-corrected chi connectivity index (χ1v) is 5.12. The molecule has 3 heteroatoms. The standard InChI is InChI=1S/C13H17NO2/c1-14(2)13(15)10-9-12(16-3)11-7-5-4-6-8-11/h4-10,12H,1-3H3/b10-9+. The lowest BCUT2D eigenvalue weighted by Gasteiger charge is -2.11. The first-order chi connectivity index (χ1) is 7.65. The van der Waals surface area contributed by atoms with Gasteiger partial charge in [0.05, 0.1) is 0 Å². The van der Waals surface area contributed by atoms with Crippen LogP contribution in [-0.4, -0.2) is 32.0 Å². The van der Waals surface area contributed by atoms with Crippen LogP contribution in [0.25, 0.3) is 0 Å². The number of hydrogen-bond acceptors (Lipinski definition) is 2. The van der Waals surface area contributed by atoms with Crippen molar-refractivity contribution < 1.29 is 9.53 Å². The summed E-state index contributed by atoms with van der Waals surface area (Å²) < 4.78 is 5.31. The third-order valence-electron chi connectivity index (χ3n) is 2.24. The number of carbonyl (C=O) groups is 1. The Kier molecular flexibility index (Phi) is 4.73. The van der Waals surface area contributed by atoms with Gasteiger partial charge in [0.15, 0.2) is 0 Å². The fourth-order valence-corrected chi connectivity index (χ4v) is 1.29. The fourth-order valence-electron chi connectivity index (χ4n) is 1.29. The van der Waals surface area contributed by atoms with E-state index in [1.807, 2.05) is 30.3 Å². The van der Waals surface area contributed by atoms with E-state index in [2.05, 4.69) is 0 Å². The second-order valence-corrected chi connectivity index (χ2v) is 3.66. The molecule has 0 saturated heterocycles. The zero-order chi connectivity index (χ0) is 12.0. The van der Waals surface area contributed by atoms with Crippen LogP contribution in [0.1, 0.15) is 11.7 Å². The summed E-state index contributed by atoms with van der Waals surface area (Å²) in [6, 6.07) is 9.79. The van der Waals surface area contributed by atoms with Gasteiger partial charge in [-0.15, -0.1) is 0 Å². The number of likely N-dealkylation sites (N-methyl/N-ethyl adjacent to an activating group) is 1. The van der Waals surface area contributed by atoms with Crippen LogP contribution in [0.4, 0.5) is 0 Å². The molecule has 1 aromatic carbocycles. The van der Waals surface area contributed by atoms with E-state index < -0.39 is 0 Å². The summed E-state index contributed by atoms with van der Waals surface area (Å²) in [7, 11) is 5.07. The Labute approximate surface area is 96.3 Å². The first kappa shape index (κ1) is 12.5. The van der Waals surface area contributed by atoms with Crippen LogP contribution >= 0.6 is 0 Å². The zero-order valence-electron chi connectivity index (χ0n) is 9.88. The van der Waals surface area contributed by atoms with Gasteiger partial charge in [-0.2, -0.15) is 0 Å². The maximum absolute atomic E-state index is 11.4. The molecule has 0 spiro atoms. The van der Waals surface area contributed by atoms with E-state index in [4.69, 9.17) is 4.74 Å². The summed E-state index contributed by atoms with van der Waals surface area (Å²) in [5.74, 6) is -0.0435. The molecule has 0 fully saturated rings. The SMILES string of the molecule is COC(/C=C/C(=O)N(C)C)c1ccccc1. The molecule has 0 bridgehead atoms. The molecule has 0 aliphatic heterocycles. The van der Waals surface area contributed by atoms with Crippen LogP contribution in [0.15, 0.2) is 42.5 Å². The number of hydrogen-bond donors (Lipinski definition) is 0. The minimum Gasteiger partial charge on any atom is -0.373 e. The summed E-state index contributed by atoms with van der Waals surface area (Å²) in [6.07, 6.45) is 3.11. The van der Waals surface area contributed by atoms with Crippen LogP contribution in [0.2, 0.25) is 0 Å². The molecule has 3 nitrogen and oxygen atoms in total. The summed E-state index contributed by atoms with van der Waals surface area (Å²) in [5.41, 5.74) is 1.04. The van der Waals surface area contributed by atoms with E-state index in [-0.39, 0.29) is 12.0 Å². The van der Waals surface area contributed by atoms with Gasteiger partial charge in [0, 0.05) is 27.3 Å². The minimum absolute atomic E-state index is 0.0435. The van der Waals surface area contributed by atoms with E-state index in [0.29, 0.717) is 0 Å². The highest BCUT2D eigenvalue weighted by molar-refractivity contribution is 5.87. The molecule has 1 amide bonds. The molecular formula is C13H17NO2. The Bertz CT molecular complexity index is 357. The van der Waals surface area contributed by atoms with Gasteiger partial charge in [0.25, 0.3) is 0 Å². The molecule has 1 unspecified atom stereocenters. The van der Waals surface area contributed by atoms with Crippen LogP contribution in [-0.2, 0) is 9.53 Å². The molecule has 0 N–H and O–H groups in total. The van der Waals surface area contributed by atoms with Gasteiger partial charge >= 0.3 is 0 Å². The number of carbonyl (C=O) groups excluding carboxylic acids is 1. The van der Waals surface area contributed by atoms with Crippen molar-refractivity contribution in [3.63, 3.8) is 0 Å². The summed E-state index contributed by atoms with van der Waals surface area (Å²) in [4.78, 5) is 12.9. The second-order valence-electron chi connectivity index (χ2n) is 3.66. The first-order valence-electron chi connectivity index (χ1n) is 5.12. The van der Waals surface area contributed by atoms with Gasteiger partial charge in [-0.05, 0) is 11.6 Å². The maximum atomic E-state index is 11.4. The molecule has 0 radical (unpaired) electrons. The van der Waals surface area contributed by atoms with Gasteiger partial charge in [-0.25, -0.2) is 0 Å². The van der Waals surface area contributed by atoms with Crippen molar-refractivity contribution in [3.8, 4) is 0 Å². The molecule has 16 heavy (non-hydrogen) atoms. The van der Waals surface area contributed by atoms with Crippen LogP contribution in [0.3, 0.4) is 0 Å². The highest BCUT2D eigenvalue weighted by atomic mass is 16.5. The molecule has 0 aliphatic carbocycles. The van der Waals surface area contributed by atoms with Crippen LogP contribution in [0, 0.1) is 0 Å². The zero-order valence-corrected chi connectivity index (χ0v) is 9.88. The third-order valence-corrected chi connectivity index (χ3v) is 2.24. The quantitative estimate of drug-likeness (QED) is 0.725. The van der Waals surface area contributed by atoms with E-state index in [1.165, 1.54) is 11.0 Å². The molecule has 0 heterocycles. The van der Waals surface area contributed by atoms with Crippen molar-refractivity contribution in [2.75, 3.05) is 21.2 Å². The molecule has 86 valence electrons. The molecule has 1 aromatic rings. The van der Waals surface area contributed by atoms with Crippen molar-refractivity contribution in [1.29, 1.82) is 0 Å². The average Bonchev–Trinajstić information content (AvgIpc) is 2.30. The predicted octanol–water partition coefficient (Wildman–Crippen LogP) is 2.02. The van der Waals surface area contributed by atoms with Crippen LogP contribution < -0.4 is 0 Å². The van der Waals surface area contributed by atoms with Gasteiger partial charge in [0.1, 0.15) is 6.10 Å². The highest BCUT2D eigenvalue weighted by Crippen LogP contribution is 2.17. The number of methoxy groups -OCH3 is 1. The summed E-state index contributed by atoms with van der Waals surface area (Å²) >= 11 is 0. The van der Waals surface area contributed by atoms with Gasteiger partial charge in [-0.1, -0.05) is 30.3 Å². The van der Waals surface area contributed by atoms with E-state index in [1.54, 1.807) is 27.3 Å². The number of benzene rings is 1. The Morgan fingerprint density at radius 2 is 1.94 bits per heavy atom. The van der Waals surface area contributed by atoms with E-state index in [9.17, 15) is 4.79 Å². The number of amides is 1. The summed E-state index contributed by atoms with van der Waals surface area (Å²) in [5, 5.41) is 0. The van der Waals surface area contributed by atoms with Crippen molar-refractivity contribution in [1.82, 2.24) is 4.90 Å². The van der Waals surface area contributed by atoms with Crippen LogP contribution in [0.5, 0.6) is 0 Å². The van der Waals surface area contributed by atoms with E-state index in [0.717, 1.165) is 5.56 Å². The van der Waals surface area contributed by atoms with Gasteiger partial charge in [-0.3, -0.25) is 4.79 Å². The molecule has 0 aliphatic rings. The lowest BCUT2D eigenvalue weighted by Crippen LogP contribution is -2.19. The molecule has 1 atom stereocenters. The number of rotatable bonds is 4. The van der Waals surface area contributed by atoms with Crippen molar-refractivity contribution >= 4 is 5.91 Å². The largest absolute Gasteiger partial charge is 0.373 e. The third kappa shape index (κ3) is 3.51. The van der Waals surface area contributed by atoms with E-state index >= 15 is 0 Å². The maximum Gasteiger partial charge on any atom is 0.245 e. The molecule has 0 saturated carbocycles. The molecule has 1 rings (SSSR count). The lowest BCUT2D eigenvalue weighted by molar-refractivity contribution is -0.123. The monoisotopic (exact) mass is 219 g/mol. The Balaban J connectivity index is 2.74. The average molecular weight is 219 g/mol.